The van der Waals surface area contributed by atoms with E-state index in [1.165, 1.54) is 6.20 Å². The molecule has 0 aliphatic rings. The predicted octanol–water partition coefficient (Wildman–Crippen LogP) is 1.79. The first-order valence-electron chi connectivity index (χ1n) is 4.01. The zero-order valence-corrected chi connectivity index (χ0v) is 6.97. The van der Waals surface area contributed by atoms with Gasteiger partial charge in [-0.2, -0.15) is 4.73 Å². The maximum absolute atomic E-state index is 11.0. The lowest BCUT2D eigenvalue weighted by molar-refractivity contribution is -0.604. The lowest BCUT2D eigenvalue weighted by Crippen LogP contribution is -2.23. The Hall–Kier alpha value is -1.83. The molecule has 0 bridgehead atoms. The van der Waals surface area contributed by atoms with Crippen molar-refractivity contribution >= 4 is 0 Å². The minimum absolute atomic E-state index is 0.794. The third-order valence-electron chi connectivity index (χ3n) is 1.82. The summed E-state index contributed by atoms with van der Waals surface area (Å²) >= 11 is 0. The highest BCUT2D eigenvalue weighted by Crippen LogP contribution is 2.15. The molecule has 13 heavy (non-hydrogen) atoms. The number of rotatable bonds is 1. The number of hydrogen-bond donors (Lipinski definition) is 0. The molecule has 2 nitrogen and oxygen atoms in total. The molecule has 0 saturated heterocycles. The van der Waals surface area contributed by atoms with E-state index in [2.05, 4.69) is 6.07 Å². The fourth-order valence-electron chi connectivity index (χ4n) is 1.20. The van der Waals surface area contributed by atoms with Gasteiger partial charge >= 0.3 is 0 Å². The second-order valence-electron chi connectivity index (χ2n) is 2.74. The van der Waals surface area contributed by atoms with Crippen molar-refractivity contribution in [2.45, 2.75) is 0 Å². The summed E-state index contributed by atoms with van der Waals surface area (Å²) in [4.78, 5) is 0. The monoisotopic (exact) mass is 170 g/mol. The van der Waals surface area contributed by atoms with E-state index in [1.54, 1.807) is 12.3 Å². The molecule has 1 radical (unpaired) electrons. The lowest BCUT2D eigenvalue weighted by Gasteiger charge is -2.00. The van der Waals surface area contributed by atoms with Gasteiger partial charge in [-0.15, -0.1) is 0 Å². The molecule has 1 heterocycles. The molecule has 0 N–H and O–H groups in total. The highest BCUT2D eigenvalue weighted by molar-refractivity contribution is 5.60. The average molecular weight is 170 g/mol. The van der Waals surface area contributed by atoms with Gasteiger partial charge < -0.3 is 5.21 Å². The first kappa shape index (κ1) is 7.80. The molecule has 0 amide bonds. The van der Waals surface area contributed by atoms with Crippen LogP contribution in [0.1, 0.15) is 0 Å². The smallest absolute Gasteiger partial charge is 0.188 e. The highest BCUT2D eigenvalue weighted by Gasteiger charge is 1.98. The van der Waals surface area contributed by atoms with Gasteiger partial charge in [0.15, 0.2) is 12.4 Å². The Labute approximate surface area is 76.7 Å². The summed E-state index contributed by atoms with van der Waals surface area (Å²) in [5.41, 5.74) is 1.92. The van der Waals surface area contributed by atoms with Crippen molar-refractivity contribution in [1.82, 2.24) is 0 Å². The van der Waals surface area contributed by atoms with Crippen LogP contribution in [0, 0.1) is 11.3 Å². The zero-order valence-electron chi connectivity index (χ0n) is 6.97. The second-order valence-corrected chi connectivity index (χ2v) is 2.74. The molecule has 0 saturated carbocycles. The molecule has 0 fully saturated rings. The van der Waals surface area contributed by atoms with Crippen molar-refractivity contribution in [3.63, 3.8) is 0 Å². The van der Waals surface area contributed by atoms with Gasteiger partial charge in [0.1, 0.15) is 0 Å². The van der Waals surface area contributed by atoms with Crippen molar-refractivity contribution in [2.75, 3.05) is 0 Å². The summed E-state index contributed by atoms with van der Waals surface area (Å²) in [5, 5.41) is 11.0. The van der Waals surface area contributed by atoms with E-state index in [-0.39, 0.29) is 0 Å². The fraction of sp³-hybridized carbons (Fsp3) is 0. The predicted molar refractivity (Wildman–Crippen MR) is 49.7 cm³/mol. The molecule has 1 aromatic heterocycles. The van der Waals surface area contributed by atoms with E-state index in [1.807, 2.05) is 30.3 Å². The molecule has 2 aromatic rings. The molecule has 2 rings (SSSR count). The summed E-state index contributed by atoms with van der Waals surface area (Å²) in [7, 11) is 0. The Morgan fingerprint density at radius 3 is 2.69 bits per heavy atom. The van der Waals surface area contributed by atoms with Gasteiger partial charge in [0, 0.05) is 11.6 Å². The van der Waals surface area contributed by atoms with Gasteiger partial charge in [0.2, 0.25) is 0 Å². The fourth-order valence-corrected chi connectivity index (χ4v) is 1.20. The molecule has 0 spiro atoms. The summed E-state index contributed by atoms with van der Waals surface area (Å²) in [6, 6.07) is 14.1. The van der Waals surface area contributed by atoms with Crippen molar-refractivity contribution in [3.8, 4) is 11.1 Å². The quantitative estimate of drug-likeness (QED) is 0.473. The molecule has 0 aliphatic carbocycles. The van der Waals surface area contributed by atoms with E-state index >= 15 is 0 Å². The lowest BCUT2D eigenvalue weighted by atomic mass is 10.1. The molecular weight excluding hydrogens is 162 g/mol. The average Bonchev–Trinajstić information content (AvgIpc) is 2.19. The van der Waals surface area contributed by atoms with Crippen LogP contribution in [0.4, 0.5) is 0 Å². The second kappa shape index (κ2) is 3.27. The van der Waals surface area contributed by atoms with Crippen LogP contribution < -0.4 is 4.73 Å². The molecule has 0 atom stereocenters. The summed E-state index contributed by atoms with van der Waals surface area (Å²) in [6.45, 7) is 0. The molecule has 0 unspecified atom stereocenters. The third kappa shape index (κ3) is 1.67. The summed E-state index contributed by atoms with van der Waals surface area (Å²) in [6.07, 6.45) is 3.01. The van der Waals surface area contributed by atoms with Crippen molar-refractivity contribution in [2.24, 2.45) is 0 Å². The van der Waals surface area contributed by atoms with Crippen LogP contribution in [0.15, 0.2) is 48.8 Å². The largest absolute Gasteiger partial charge is 0.619 e. The van der Waals surface area contributed by atoms with Crippen molar-refractivity contribution in [3.05, 3.63) is 60.1 Å². The Kier molecular flexibility index (Phi) is 1.96. The standard InChI is InChI=1S/C11H8NO/c13-12-8-4-7-11(9-12)10-5-2-1-3-6-10/h1-2,4-9H. The minimum atomic E-state index is 0.794. The topological polar surface area (TPSA) is 26.9 Å². The Balaban J connectivity index is 2.48. The van der Waals surface area contributed by atoms with Crippen molar-refractivity contribution < 1.29 is 4.73 Å². The van der Waals surface area contributed by atoms with Crippen LogP contribution in [-0.4, -0.2) is 0 Å². The summed E-state index contributed by atoms with van der Waals surface area (Å²) in [5.74, 6) is 0. The number of benzene rings is 1. The molecule has 0 aliphatic heterocycles. The Morgan fingerprint density at radius 2 is 2.00 bits per heavy atom. The van der Waals surface area contributed by atoms with Crippen LogP contribution in [0.5, 0.6) is 0 Å². The molecule has 1 aromatic carbocycles. The Morgan fingerprint density at radius 1 is 1.15 bits per heavy atom. The Bertz CT molecular complexity index is 398. The van der Waals surface area contributed by atoms with Crippen LogP contribution in [0.25, 0.3) is 11.1 Å². The normalized spacial score (nSPS) is 9.85. The van der Waals surface area contributed by atoms with E-state index in [9.17, 15) is 5.21 Å². The van der Waals surface area contributed by atoms with E-state index < -0.39 is 0 Å². The van der Waals surface area contributed by atoms with Gasteiger partial charge in [-0.25, -0.2) is 0 Å². The molecule has 63 valence electrons. The number of aromatic nitrogens is 1. The highest BCUT2D eigenvalue weighted by atomic mass is 16.5. The maximum Gasteiger partial charge on any atom is 0.188 e. The number of pyridine rings is 1. The zero-order chi connectivity index (χ0) is 9.10. The van der Waals surface area contributed by atoms with Crippen LogP contribution in [0.2, 0.25) is 0 Å². The number of hydrogen-bond acceptors (Lipinski definition) is 1. The van der Waals surface area contributed by atoms with Gasteiger partial charge in [0.05, 0.1) is 0 Å². The maximum atomic E-state index is 11.0. The first-order valence-corrected chi connectivity index (χ1v) is 4.01. The molecule has 2 heteroatoms. The van der Waals surface area contributed by atoms with E-state index in [0.29, 0.717) is 0 Å². The van der Waals surface area contributed by atoms with E-state index in [0.717, 1.165) is 15.9 Å². The van der Waals surface area contributed by atoms with Gasteiger partial charge in [-0.05, 0) is 23.8 Å². The SMILES string of the molecule is [O-][n+]1cccc(-c2c[c]ccc2)c1. The van der Waals surface area contributed by atoms with Gasteiger partial charge in [-0.1, -0.05) is 18.2 Å². The van der Waals surface area contributed by atoms with E-state index in [4.69, 9.17) is 0 Å². The first-order chi connectivity index (χ1) is 6.36. The van der Waals surface area contributed by atoms with Crippen molar-refractivity contribution in [1.29, 1.82) is 0 Å². The van der Waals surface area contributed by atoms with Gasteiger partial charge in [-0.3, -0.25) is 0 Å². The van der Waals surface area contributed by atoms with Crippen LogP contribution in [0.3, 0.4) is 0 Å². The van der Waals surface area contributed by atoms with Gasteiger partial charge in [0.25, 0.3) is 0 Å². The molecular formula is C11H8NO. The number of nitrogens with zero attached hydrogens (tertiary/aromatic N) is 1. The van der Waals surface area contributed by atoms with Crippen LogP contribution in [-0.2, 0) is 0 Å². The minimum Gasteiger partial charge on any atom is -0.619 e. The summed E-state index contributed by atoms with van der Waals surface area (Å²) < 4.78 is 0.794. The third-order valence-corrected chi connectivity index (χ3v) is 1.82. The van der Waals surface area contributed by atoms with Crippen LogP contribution >= 0.6 is 0 Å².